The zero-order valence-electron chi connectivity index (χ0n) is 31.4. The van der Waals surface area contributed by atoms with Gasteiger partial charge in [-0.1, -0.05) is 158 Å². The van der Waals surface area contributed by atoms with E-state index in [1.165, 1.54) is 49.4 Å². The highest BCUT2D eigenvalue weighted by Gasteiger charge is 2.21. The first kappa shape index (κ1) is 32.4. The molecule has 9 aromatic carbocycles. The predicted octanol–water partition coefficient (Wildman–Crippen LogP) is 14.0. The first-order valence-corrected chi connectivity index (χ1v) is 19.8. The van der Waals surface area contributed by atoms with Gasteiger partial charge >= 0.3 is 0 Å². The lowest BCUT2D eigenvalue weighted by atomic mass is 9.98. The van der Waals surface area contributed by atoms with Crippen molar-refractivity contribution in [1.29, 1.82) is 0 Å². The van der Waals surface area contributed by atoms with Gasteiger partial charge in [0.1, 0.15) is 0 Å². The van der Waals surface area contributed by atoms with Crippen LogP contribution in [0.5, 0.6) is 0 Å². The second kappa shape index (κ2) is 12.9. The molecule has 0 aliphatic heterocycles. The fourth-order valence-electron chi connectivity index (χ4n) is 9.09. The largest absolute Gasteiger partial charge is 0.309 e. The van der Waals surface area contributed by atoms with Gasteiger partial charge in [0.05, 0.1) is 33.3 Å². The molecule has 0 saturated heterocycles. The second-order valence-corrected chi connectivity index (χ2v) is 15.0. The van der Waals surface area contributed by atoms with Gasteiger partial charge in [0.15, 0.2) is 0 Å². The zero-order valence-corrected chi connectivity index (χ0v) is 31.4. The van der Waals surface area contributed by atoms with Crippen LogP contribution in [0.15, 0.2) is 206 Å². The van der Waals surface area contributed by atoms with Crippen LogP contribution < -0.4 is 0 Å². The highest BCUT2D eigenvalue weighted by Crippen LogP contribution is 2.42. The number of rotatable bonds is 5. The standard InChI is InChI=1S/C54H34N4/c1-3-14-35(15-4-1)36-26-28-38(29-27-36)52-45-32-30-37-16-7-8-19-42(37)53(45)56-54(55-52)58-48-24-12-10-21-44(48)51-41(22-13-25-50(51)58)39-31-33-49-46(34-39)43-20-9-11-23-47(43)57(49)40-17-5-2-6-18-40/h1-34H. The molecule has 4 nitrogen and oxygen atoms in total. The Morgan fingerprint density at radius 1 is 0.328 bits per heavy atom. The van der Waals surface area contributed by atoms with Crippen LogP contribution in [0.2, 0.25) is 0 Å². The fraction of sp³-hybridized carbons (Fsp3) is 0. The summed E-state index contributed by atoms with van der Waals surface area (Å²) in [5.41, 5.74) is 13.3. The van der Waals surface area contributed by atoms with Crippen molar-refractivity contribution in [2.75, 3.05) is 0 Å². The maximum absolute atomic E-state index is 5.48. The van der Waals surface area contributed by atoms with Crippen LogP contribution in [0.4, 0.5) is 0 Å². The molecular formula is C54H34N4. The molecule has 4 heteroatoms. The van der Waals surface area contributed by atoms with E-state index >= 15 is 0 Å². The number of hydrogen-bond donors (Lipinski definition) is 0. The van der Waals surface area contributed by atoms with Crippen LogP contribution in [-0.2, 0) is 0 Å². The summed E-state index contributed by atoms with van der Waals surface area (Å²) in [5.74, 6) is 0.649. The minimum absolute atomic E-state index is 0.649. The third kappa shape index (κ3) is 4.95. The number of aromatic nitrogens is 4. The van der Waals surface area contributed by atoms with Gasteiger partial charge in [0, 0.05) is 43.6 Å². The minimum atomic E-state index is 0.649. The van der Waals surface area contributed by atoms with E-state index in [4.69, 9.17) is 9.97 Å². The topological polar surface area (TPSA) is 35.6 Å². The fourth-order valence-corrected chi connectivity index (χ4v) is 9.09. The molecule has 0 aliphatic rings. The van der Waals surface area contributed by atoms with E-state index in [-0.39, 0.29) is 0 Å². The van der Waals surface area contributed by atoms with Crippen LogP contribution in [0.1, 0.15) is 0 Å². The Kier molecular flexibility index (Phi) is 7.20. The number of para-hydroxylation sites is 3. The lowest BCUT2D eigenvalue weighted by Crippen LogP contribution is -2.04. The van der Waals surface area contributed by atoms with E-state index in [2.05, 4.69) is 215 Å². The Labute approximate surface area is 334 Å². The Balaban J connectivity index is 1.10. The average molecular weight is 739 g/mol. The molecule has 0 amide bonds. The van der Waals surface area contributed by atoms with Gasteiger partial charge in [0.2, 0.25) is 5.95 Å². The van der Waals surface area contributed by atoms with Gasteiger partial charge in [-0.15, -0.1) is 0 Å². The van der Waals surface area contributed by atoms with Crippen molar-refractivity contribution >= 4 is 65.3 Å². The van der Waals surface area contributed by atoms with Crippen LogP contribution in [0, 0.1) is 0 Å². The van der Waals surface area contributed by atoms with Crippen LogP contribution in [0.3, 0.4) is 0 Å². The molecule has 0 bridgehead atoms. The Hall–Kier alpha value is -7.82. The van der Waals surface area contributed by atoms with Gasteiger partial charge in [-0.05, 0) is 76.2 Å². The molecule has 0 fully saturated rings. The summed E-state index contributed by atoms with van der Waals surface area (Å²) < 4.78 is 4.63. The average Bonchev–Trinajstić information content (AvgIpc) is 3.82. The second-order valence-electron chi connectivity index (χ2n) is 15.0. The molecule has 12 aromatic rings. The van der Waals surface area contributed by atoms with E-state index in [0.717, 1.165) is 55.0 Å². The lowest BCUT2D eigenvalue weighted by molar-refractivity contribution is 1.02. The molecule has 270 valence electrons. The van der Waals surface area contributed by atoms with Crippen LogP contribution >= 0.6 is 0 Å². The number of nitrogens with zero attached hydrogens (tertiary/aromatic N) is 4. The smallest absolute Gasteiger partial charge is 0.235 e. The van der Waals surface area contributed by atoms with Crippen molar-refractivity contribution < 1.29 is 0 Å². The Bertz CT molecular complexity index is 3540. The summed E-state index contributed by atoms with van der Waals surface area (Å²) in [5, 5.41) is 8.09. The monoisotopic (exact) mass is 738 g/mol. The van der Waals surface area contributed by atoms with Crippen LogP contribution in [-0.4, -0.2) is 19.1 Å². The Morgan fingerprint density at radius 2 is 0.931 bits per heavy atom. The molecule has 0 spiro atoms. The number of benzene rings is 9. The van der Waals surface area contributed by atoms with Crippen molar-refractivity contribution in [2.45, 2.75) is 0 Å². The SMILES string of the molecule is c1ccc(-c2ccc(-c3nc(-n4c5ccccc5c5c(-c6ccc7c(c6)c6ccccc6n7-c6ccccc6)cccc54)nc4c3ccc3ccccc34)cc2)cc1. The summed E-state index contributed by atoms with van der Waals surface area (Å²) in [7, 11) is 0. The van der Waals surface area contributed by atoms with E-state index in [1.807, 2.05) is 0 Å². The normalized spacial score (nSPS) is 11.8. The maximum atomic E-state index is 5.48. The first-order valence-electron chi connectivity index (χ1n) is 19.8. The van der Waals surface area contributed by atoms with E-state index < -0.39 is 0 Å². The minimum Gasteiger partial charge on any atom is -0.309 e. The molecule has 0 aliphatic carbocycles. The molecule has 3 heterocycles. The van der Waals surface area contributed by atoms with E-state index in [0.29, 0.717) is 5.95 Å². The molecular weight excluding hydrogens is 705 g/mol. The number of hydrogen-bond acceptors (Lipinski definition) is 2. The summed E-state index contributed by atoms with van der Waals surface area (Å²) in [6, 6.07) is 73.8. The van der Waals surface area contributed by atoms with Gasteiger partial charge in [-0.3, -0.25) is 4.57 Å². The van der Waals surface area contributed by atoms with E-state index in [1.54, 1.807) is 0 Å². The summed E-state index contributed by atoms with van der Waals surface area (Å²) in [6.07, 6.45) is 0. The summed E-state index contributed by atoms with van der Waals surface area (Å²) >= 11 is 0. The van der Waals surface area contributed by atoms with E-state index in [9.17, 15) is 0 Å². The third-order valence-electron chi connectivity index (χ3n) is 11.7. The highest BCUT2D eigenvalue weighted by atomic mass is 15.2. The molecule has 12 rings (SSSR count). The molecule has 0 N–H and O–H groups in total. The van der Waals surface area contributed by atoms with Gasteiger partial charge in [-0.25, -0.2) is 9.97 Å². The molecule has 0 saturated carbocycles. The van der Waals surface area contributed by atoms with Crippen molar-refractivity contribution in [3.8, 4) is 45.1 Å². The van der Waals surface area contributed by atoms with Crippen molar-refractivity contribution in [3.63, 3.8) is 0 Å². The first-order chi connectivity index (χ1) is 28.8. The maximum Gasteiger partial charge on any atom is 0.235 e. The molecule has 0 radical (unpaired) electrons. The lowest BCUT2D eigenvalue weighted by Gasteiger charge is -2.14. The van der Waals surface area contributed by atoms with Gasteiger partial charge < -0.3 is 4.57 Å². The quantitative estimate of drug-likeness (QED) is 0.165. The van der Waals surface area contributed by atoms with Crippen molar-refractivity contribution in [2.24, 2.45) is 0 Å². The summed E-state index contributed by atoms with van der Waals surface area (Å²) in [4.78, 5) is 10.9. The predicted molar refractivity (Wildman–Crippen MR) is 242 cm³/mol. The molecule has 3 aromatic heterocycles. The molecule has 0 atom stereocenters. The van der Waals surface area contributed by atoms with Gasteiger partial charge in [-0.2, -0.15) is 0 Å². The zero-order chi connectivity index (χ0) is 38.2. The Morgan fingerprint density at radius 3 is 1.74 bits per heavy atom. The molecule has 0 unspecified atom stereocenters. The van der Waals surface area contributed by atoms with Gasteiger partial charge in [0.25, 0.3) is 0 Å². The number of fused-ring (bicyclic) bond motifs is 9. The third-order valence-corrected chi connectivity index (χ3v) is 11.7. The highest BCUT2D eigenvalue weighted by molar-refractivity contribution is 6.18. The van der Waals surface area contributed by atoms with Crippen LogP contribution in [0.25, 0.3) is 110 Å². The summed E-state index contributed by atoms with van der Waals surface area (Å²) in [6.45, 7) is 0. The van der Waals surface area contributed by atoms with Crippen molar-refractivity contribution in [3.05, 3.63) is 206 Å². The van der Waals surface area contributed by atoms with Crippen molar-refractivity contribution in [1.82, 2.24) is 19.1 Å². The molecule has 58 heavy (non-hydrogen) atoms.